The minimum Gasteiger partial charge on any atom is -0.452 e. The van der Waals surface area contributed by atoms with Crippen molar-refractivity contribution in [2.24, 2.45) is 5.92 Å². The molecule has 1 unspecified atom stereocenters. The molecule has 1 aromatic carbocycles. The third-order valence-electron chi connectivity index (χ3n) is 5.01. The van der Waals surface area contributed by atoms with Crippen LogP contribution in [0.4, 0.5) is 10.2 Å². The number of aryl methyl sites for hydroxylation is 1. The van der Waals surface area contributed by atoms with E-state index < -0.39 is 29.7 Å². The number of halogens is 1. The van der Waals surface area contributed by atoms with Crippen LogP contribution in [0, 0.1) is 18.7 Å². The highest BCUT2D eigenvalue weighted by Gasteiger charge is 2.31. The summed E-state index contributed by atoms with van der Waals surface area (Å²) in [4.78, 5) is 39.0. The van der Waals surface area contributed by atoms with E-state index in [9.17, 15) is 18.8 Å². The van der Waals surface area contributed by atoms with E-state index >= 15 is 0 Å². The van der Waals surface area contributed by atoms with E-state index in [4.69, 9.17) is 9.26 Å². The minimum absolute atomic E-state index is 0.199. The van der Waals surface area contributed by atoms with E-state index in [1.165, 1.54) is 24.3 Å². The van der Waals surface area contributed by atoms with Crippen molar-refractivity contribution in [3.8, 4) is 0 Å². The average Bonchev–Trinajstić information content (AvgIpc) is 3.16. The Morgan fingerprint density at radius 2 is 1.93 bits per heavy atom. The summed E-state index contributed by atoms with van der Waals surface area (Å²) in [6.45, 7) is 4.22. The zero-order chi connectivity index (χ0) is 21.7. The van der Waals surface area contributed by atoms with Crippen molar-refractivity contribution < 1.29 is 28.0 Å². The summed E-state index contributed by atoms with van der Waals surface area (Å²) in [5.41, 5.74) is 0.406. The zero-order valence-electron chi connectivity index (χ0n) is 16.9. The number of benzene rings is 1. The first-order valence-corrected chi connectivity index (χ1v) is 9.87. The largest absolute Gasteiger partial charge is 0.452 e. The molecule has 3 rings (SSSR count). The molecule has 2 amide bonds. The molecule has 0 radical (unpaired) electrons. The van der Waals surface area contributed by atoms with Crippen molar-refractivity contribution in [2.45, 2.75) is 39.2 Å². The van der Waals surface area contributed by atoms with Gasteiger partial charge in [0.2, 0.25) is 0 Å². The fraction of sp³-hybridized carbons (Fsp3) is 0.429. The van der Waals surface area contributed by atoms with E-state index in [1.807, 2.05) is 0 Å². The van der Waals surface area contributed by atoms with Gasteiger partial charge in [0.1, 0.15) is 11.6 Å². The Hall–Kier alpha value is -3.23. The molecule has 30 heavy (non-hydrogen) atoms. The topological polar surface area (TPSA) is 102 Å². The van der Waals surface area contributed by atoms with Crippen LogP contribution in [0.25, 0.3) is 0 Å². The molecule has 2 heterocycles. The summed E-state index contributed by atoms with van der Waals surface area (Å²) in [5, 5.41) is 6.26. The summed E-state index contributed by atoms with van der Waals surface area (Å²) >= 11 is 0. The first-order chi connectivity index (χ1) is 14.4. The molecule has 8 nitrogen and oxygen atoms in total. The summed E-state index contributed by atoms with van der Waals surface area (Å²) < 4.78 is 23.4. The number of anilines is 1. The molecule has 0 bridgehead atoms. The van der Waals surface area contributed by atoms with Crippen LogP contribution in [0.3, 0.4) is 0 Å². The van der Waals surface area contributed by atoms with Crippen molar-refractivity contribution in [1.29, 1.82) is 0 Å². The Morgan fingerprint density at radius 1 is 1.27 bits per heavy atom. The van der Waals surface area contributed by atoms with E-state index in [1.54, 1.807) is 24.8 Å². The first kappa shape index (κ1) is 21.5. The van der Waals surface area contributed by atoms with Crippen LogP contribution in [-0.2, 0) is 14.3 Å². The smallest absolute Gasteiger partial charge is 0.309 e. The van der Waals surface area contributed by atoms with Crippen molar-refractivity contribution in [1.82, 2.24) is 10.1 Å². The lowest BCUT2D eigenvalue weighted by Gasteiger charge is -2.31. The molecule has 1 aliphatic heterocycles. The second-order valence-corrected chi connectivity index (χ2v) is 7.22. The number of ether oxygens (including phenoxy) is 1. The third kappa shape index (κ3) is 5.22. The number of carbonyl (C=O) groups is 3. The summed E-state index contributed by atoms with van der Waals surface area (Å²) in [5.74, 6) is -1.10. The highest BCUT2D eigenvalue weighted by Crippen LogP contribution is 2.22. The number of piperidine rings is 1. The van der Waals surface area contributed by atoms with Crippen LogP contribution in [0.2, 0.25) is 0 Å². The van der Waals surface area contributed by atoms with Gasteiger partial charge in [0.15, 0.2) is 11.9 Å². The molecule has 1 N–H and O–H groups in total. The predicted octanol–water partition coefficient (Wildman–Crippen LogP) is 2.93. The van der Waals surface area contributed by atoms with Gasteiger partial charge < -0.3 is 19.5 Å². The Balaban J connectivity index is 1.50. The van der Waals surface area contributed by atoms with E-state index in [2.05, 4.69) is 10.5 Å². The molecular weight excluding hydrogens is 393 g/mol. The molecule has 1 aliphatic rings. The lowest BCUT2D eigenvalue weighted by atomic mass is 9.96. The lowest BCUT2D eigenvalue weighted by molar-refractivity contribution is -0.159. The van der Waals surface area contributed by atoms with Gasteiger partial charge in [-0.2, -0.15) is 0 Å². The average molecular weight is 417 g/mol. The maximum absolute atomic E-state index is 13.0. The number of aromatic nitrogens is 1. The zero-order valence-corrected chi connectivity index (χ0v) is 16.9. The van der Waals surface area contributed by atoms with Crippen molar-refractivity contribution in [3.05, 3.63) is 47.5 Å². The molecule has 1 saturated heterocycles. The molecule has 0 aliphatic carbocycles. The molecule has 0 spiro atoms. The number of esters is 1. The molecule has 2 aromatic rings. The van der Waals surface area contributed by atoms with Gasteiger partial charge in [-0.1, -0.05) is 12.1 Å². The molecule has 1 fully saturated rings. The van der Waals surface area contributed by atoms with E-state index in [0.717, 1.165) is 0 Å². The second-order valence-electron chi connectivity index (χ2n) is 7.22. The van der Waals surface area contributed by atoms with Gasteiger partial charge in [-0.05, 0) is 50.5 Å². The number of hydrogen-bond acceptors (Lipinski definition) is 6. The van der Waals surface area contributed by atoms with Crippen LogP contribution in [-0.4, -0.2) is 47.0 Å². The normalized spacial score (nSPS) is 15.5. The van der Waals surface area contributed by atoms with Gasteiger partial charge >= 0.3 is 5.97 Å². The minimum atomic E-state index is -0.937. The number of likely N-dealkylation sites (tertiary alicyclic amines) is 1. The number of carbonyl (C=O) groups excluding carboxylic acids is 3. The first-order valence-electron chi connectivity index (χ1n) is 9.87. The molecule has 1 aromatic heterocycles. The van der Waals surface area contributed by atoms with Gasteiger partial charge in [-0.3, -0.25) is 14.4 Å². The van der Waals surface area contributed by atoms with Crippen molar-refractivity contribution in [2.75, 3.05) is 18.4 Å². The number of hydrogen-bond donors (Lipinski definition) is 1. The van der Waals surface area contributed by atoms with Gasteiger partial charge in [-0.15, -0.1) is 0 Å². The molecular formula is C21H24FN3O5. The van der Waals surface area contributed by atoms with Crippen molar-refractivity contribution >= 4 is 23.6 Å². The van der Waals surface area contributed by atoms with Crippen molar-refractivity contribution in [3.63, 3.8) is 0 Å². The maximum Gasteiger partial charge on any atom is 0.309 e. The number of nitrogens with zero attached hydrogens (tertiary/aromatic N) is 2. The Labute approximate surface area is 173 Å². The monoisotopic (exact) mass is 417 g/mol. The van der Waals surface area contributed by atoms with Crippen LogP contribution in [0.1, 0.15) is 42.3 Å². The van der Waals surface area contributed by atoms with Gasteiger partial charge in [0.05, 0.1) is 5.92 Å². The summed E-state index contributed by atoms with van der Waals surface area (Å²) in [6.07, 6.45) is 0.253. The molecule has 160 valence electrons. The van der Waals surface area contributed by atoms with Gasteiger partial charge in [0.25, 0.3) is 11.8 Å². The van der Waals surface area contributed by atoms with E-state index in [0.29, 0.717) is 43.7 Å². The van der Waals surface area contributed by atoms with Crippen LogP contribution >= 0.6 is 0 Å². The fourth-order valence-corrected chi connectivity index (χ4v) is 3.28. The third-order valence-corrected chi connectivity index (χ3v) is 5.01. The molecule has 0 saturated carbocycles. The Bertz CT molecular complexity index is 904. The Kier molecular flexibility index (Phi) is 6.81. The summed E-state index contributed by atoms with van der Waals surface area (Å²) in [7, 11) is 0. The van der Waals surface area contributed by atoms with E-state index in [-0.39, 0.29) is 11.7 Å². The van der Waals surface area contributed by atoms with Gasteiger partial charge in [-0.25, -0.2) is 4.39 Å². The molecule has 9 heteroatoms. The van der Waals surface area contributed by atoms with Crippen LogP contribution < -0.4 is 5.32 Å². The summed E-state index contributed by atoms with van der Waals surface area (Å²) in [6, 6.07) is 6.94. The Morgan fingerprint density at radius 3 is 2.50 bits per heavy atom. The fourth-order valence-electron chi connectivity index (χ4n) is 3.28. The SMILES string of the molecule is CCC(OC(=O)C1CCN(C(=O)c2ccc(F)cc2)CC1)C(=O)Nc1cc(C)on1. The highest BCUT2D eigenvalue weighted by molar-refractivity contribution is 5.95. The quantitative estimate of drug-likeness (QED) is 0.725. The second kappa shape index (κ2) is 9.51. The van der Waals surface area contributed by atoms with Crippen LogP contribution in [0.5, 0.6) is 0 Å². The number of amides is 2. The number of rotatable bonds is 6. The van der Waals surface area contributed by atoms with Gasteiger partial charge in [0, 0.05) is 24.7 Å². The van der Waals surface area contributed by atoms with Crippen LogP contribution in [0.15, 0.2) is 34.9 Å². The number of nitrogens with one attached hydrogen (secondary N) is 1. The maximum atomic E-state index is 13.0. The highest BCUT2D eigenvalue weighted by atomic mass is 19.1. The standard InChI is InChI=1S/C21H24FN3O5/c1-3-17(19(26)23-18-12-13(2)30-24-18)29-21(28)15-8-10-25(11-9-15)20(27)14-4-6-16(22)7-5-14/h4-7,12,15,17H,3,8-11H2,1-2H3,(H,23,24,26). The lowest BCUT2D eigenvalue weighted by Crippen LogP contribution is -2.42. The molecule has 1 atom stereocenters. The predicted molar refractivity (Wildman–Crippen MR) is 105 cm³/mol.